The summed E-state index contributed by atoms with van der Waals surface area (Å²) in [6.07, 6.45) is 8.92. The normalized spacial score (nSPS) is 11.7. The summed E-state index contributed by atoms with van der Waals surface area (Å²) in [5, 5.41) is 5.74. The first-order valence-corrected chi connectivity index (χ1v) is 12.5. The van der Waals surface area contributed by atoms with E-state index in [0.29, 0.717) is 23.5 Å². The van der Waals surface area contributed by atoms with E-state index in [4.69, 9.17) is 0 Å². The molecule has 0 bridgehead atoms. The number of carbonyl (C=O) groups excluding carboxylic acids is 2. The number of nitrogens with one attached hydrogen (secondary N) is 3. The van der Waals surface area contributed by atoms with E-state index >= 15 is 0 Å². The van der Waals surface area contributed by atoms with Crippen LogP contribution in [-0.2, 0) is 4.79 Å². The van der Waals surface area contributed by atoms with Crippen molar-refractivity contribution in [2.45, 2.75) is 38.1 Å². The Morgan fingerprint density at radius 1 is 1.00 bits per heavy atom. The van der Waals surface area contributed by atoms with Gasteiger partial charge >= 0.3 is 0 Å². The van der Waals surface area contributed by atoms with Gasteiger partial charge in [-0.05, 0) is 30.5 Å². The van der Waals surface area contributed by atoms with Crippen molar-refractivity contribution in [1.29, 1.82) is 0 Å². The summed E-state index contributed by atoms with van der Waals surface area (Å²) in [7, 11) is 1.65. The molecule has 3 heterocycles. The van der Waals surface area contributed by atoms with E-state index in [2.05, 4.69) is 30.6 Å². The van der Waals surface area contributed by atoms with Crippen LogP contribution in [-0.4, -0.2) is 38.8 Å². The topological polar surface area (TPSA) is 113 Å². The van der Waals surface area contributed by atoms with Crippen LogP contribution in [0.4, 0.5) is 0 Å². The van der Waals surface area contributed by atoms with Crippen molar-refractivity contribution >= 4 is 23.2 Å². The standard InChI is InChI=1S/C26H28N6O2S/c1-27-24(33)9-4-2-3-8-21(32-26(34)23-16-28-17-35-23)25-30-15-22(31-25)19-12-10-18(11-13-19)20-7-5-6-14-29-20/h5-7,10-17,21H,2-4,8-9H2,1H3,(H,27,33)(H,30,31)(H,32,34). The van der Waals surface area contributed by atoms with Gasteiger partial charge < -0.3 is 15.6 Å². The summed E-state index contributed by atoms with van der Waals surface area (Å²) in [5.74, 6) is 0.586. The van der Waals surface area contributed by atoms with Crippen LogP contribution in [0, 0.1) is 0 Å². The Labute approximate surface area is 208 Å². The second-order valence-electron chi connectivity index (χ2n) is 8.14. The number of aromatic amines is 1. The van der Waals surface area contributed by atoms with Gasteiger partial charge in [0.2, 0.25) is 5.91 Å². The molecule has 9 heteroatoms. The molecule has 0 fully saturated rings. The molecule has 35 heavy (non-hydrogen) atoms. The summed E-state index contributed by atoms with van der Waals surface area (Å²) in [6.45, 7) is 0. The largest absolute Gasteiger partial charge is 0.359 e. The molecule has 0 aliphatic carbocycles. The molecule has 1 aromatic carbocycles. The molecule has 0 aliphatic rings. The maximum atomic E-state index is 12.7. The van der Waals surface area contributed by atoms with Crippen LogP contribution in [0.15, 0.2) is 66.6 Å². The maximum Gasteiger partial charge on any atom is 0.263 e. The number of unbranched alkanes of at least 4 members (excludes halogenated alkanes) is 2. The number of hydrogen-bond acceptors (Lipinski definition) is 6. The minimum atomic E-state index is -0.272. The number of carbonyl (C=O) groups is 2. The van der Waals surface area contributed by atoms with Gasteiger partial charge in [0, 0.05) is 25.2 Å². The molecule has 1 unspecified atom stereocenters. The summed E-state index contributed by atoms with van der Waals surface area (Å²) < 4.78 is 0. The first-order chi connectivity index (χ1) is 17.1. The third-order valence-corrected chi connectivity index (χ3v) is 6.49. The third-order valence-electron chi connectivity index (χ3n) is 5.72. The molecule has 8 nitrogen and oxygen atoms in total. The van der Waals surface area contributed by atoms with Crippen LogP contribution in [0.5, 0.6) is 0 Å². The van der Waals surface area contributed by atoms with Crippen molar-refractivity contribution in [1.82, 2.24) is 30.6 Å². The first kappa shape index (κ1) is 24.3. The number of nitrogens with zero attached hydrogens (tertiary/aromatic N) is 3. The molecule has 1 atom stereocenters. The first-order valence-electron chi connectivity index (χ1n) is 11.6. The molecule has 0 radical (unpaired) electrons. The Balaban J connectivity index is 1.45. The number of benzene rings is 1. The zero-order valence-electron chi connectivity index (χ0n) is 19.5. The van der Waals surface area contributed by atoms with E-state index in [-0.39, 0.29) is 17.9 Å². The SMILES string of the molecule is CNC(=O)CCCCCC(NC(=O)c1cncs1)c1ncc(-c2ccc(-c3ccccn3)cc2)[nH]1. The van der Waals surface area contributed by atoms with Gasteiger partial charge in [0.25, 0.3) is 5.91 Å². The number of thiazole rings is 1. The Morgan fingerprint density at radius 3 is 2.54 bits per heavy atom. The highest BCUT2D eigenvalue weighted by Crippen LogP contribution is 2.25. The number of H-pyrrole nitrogens is 1. The summed E-state index contributed by atoms with van der Waals surface area (Å²) in [4.78, 5) is 41.1. The zero-order chi connectivity index (χ0) is 24.5. The highest BCUT2D eigenvalue weighted by molar-refractivity contribution is 7.11. The lowest BCUT2D eigenvalue weighted by atomic mass is 10.1. The van der Waals surface area contributed by atoms with Crippen LogP contribution < -0.4 is 10.6 Å². The fourth-order valence-corrected chi connectivity index (χ4v) is 4.31. The Bertz CT molecular complexity index is 1220. The lowest BCUT2D eigenvalue weighted by Gasteiger charge is -2.16. The van der Waals surface area contributed by atoms with E-state index in [9.17, 15) is 9.59 Å². The average molecular weight is 489 g/mol. The number of amides is 2. The van der Waals surface area contributed by atoms with Gasteiger partial charge in [-0.15, -0.1) is 11.3 Å². The Morgan fingerprint density at radius 2 is 1.83 bits per heavy atom. The molecule has 0 saturated heterocycles. The molecule has 0 spiro atoms. The van der Waals surface area contributed by atoms with Gasteiger partial charge in [-0.3, -0.25) is 19.6 Å². The van der Waals surface area contributed by atoms with Gasteiger partial charge in [0.15, 0.2) is 0 Å². The maximum absolute atomic E-state index is 12.7. The van der Waals surface area contributed by atoms with Crippen LogP contribution in [0.25, 0.3) is 22.5 Å². The molecule has 3 N–H and O–H groups in total. The number of rotatable bonds is 11. The van der Waals surface area contributed by atoms with Crippen LogP contribution in [0.3, 0.4) is 0 Å². The minimum absolute atomic E-state index is 0.0461. The fraction of sp³-hybridized carbons (Fsp3) is 0.269. The molecule has 4 aromatic rings. The van der Waals surface area contributed by atoms with E-state index in [1.54, 1.807) is 31.1 Å². The molecule has 0 saturated carbocycles. The number of pyridine rings is 1. The minimum Gasteiger partial charge on any atom is -0.359 e. The third kappa shape index (κ3) is 6.60. The lowest BCUT2D eigenvalue weighted by molar-refractivity contribution is -0.120. The van der Waals surface area contributed by atoms with Gasteiger partial charge in [0.05, 0.1) is 35.3 Å². The van der Waals surface area contributed by atoms with Crippen LogP contribution >= 0.6 is 11.3 Å². The van der Waals surface area contributed by atoms with Crippen molar-refractivity contribution in [2.24, 2.45) is 0 Å². The number of hydrogen-bond donors (Lipinski definition) is 3. The van der Waals surface area contributed by atoms with Crippen LogP contribution in [0.1, 0.15) is 53.6 Å². The van der Waals surface area contributed by atoms with Crippen LogP contribution in [0.2, 0.25) is 0 Å². The van der Waals surface area contributed by atoms with Crippen molar-refractivity contribution in [3.8, 4) is 22.5 Å². The quantitative estimate of drug-likeness (QED) is 0.263. The monoisotopic (exact) mass is 488 g/mol. The highest BCUT2D eigenvalue weighted by Gasteiger charge is 2.20. The number of aromatic nitrogens is 4. The molecule has 180 valence electrons. The number of imidazole rings is 1. The second kappa shape index (κ2) is 12.0. The van der Waals surface area contributed by atoms with Gasteiger partial charge in [-0.2, -0.15) is 0 Å². The predicted octanol–water partition coefficient (Wildman–Crippen LogP) is 4.76. The summed E-state index contributed by atoms with van der Waals surface area (Å²) in [6, 6.07) is 13.7. The van der Waals surface area contributed by atoms with Crippen molar-refractivity contribution in [2.75, 3.05) is 7.05 Å². The molecular formula is C26H28N6O2S. The molecule has 2 amide bonds. The van der Waals surface area contributed by atoms with Gasteiger partial charge in [-0.25, -0.2) is 4.98 Å². The molecular weight excluding hydrogens is 460 g/mol. The van der Waals surface area contributed by atoms with E-state index in [1.807, 2.05) is 42.5 Å². The van der Waals surface area contributed by atoms with E-state index in [0.717, 1.165) is 41.8 Å². The Hall–Kier alpha value is -3.85. The predicted molar refractivity (Wildman–Crippen MR) is 137 cm³/mol. The zero-order valence-corrected chi connectivity index (χ0v) is 20.3. The second-order valence-corrected chi connectivity index (χ2v) is 9.03. The summed E-state index contributed by atoms with van der Waals surface area (Å²) >= 11 is 1.30. The molecule has 3 aromatic heterocycles. The lowest BCUT2D eigenvalue weighted by Crippen LogP contribution is -2.28. The van der Waals surface area contributed by atoms with Crippen molar-refractivity contribution in [3.05, 3.63) is 77.3 Å². The Kier molecular flexibility index (Phi) is 8.34. The van der Waals surface area contributed by atoms with Crippen molar-refractivity contribution < 1.29 is 9.59 Å². The fourth-order valence-electron chi connectivity index (χ4n) is 3.78. The smallest absolute Gasteiger partial charge is 0.263 e. The molecule has 0 aliphatic heterocycles. The highest BCUT2D eigenvalue weighted by atomic mass is 32.1. The molecule has 4 rings (SSSR count). The van der Waals surface area contributed by atoms with E-state index in [1.165, 1.54) is 11.3 Å². The van der Waals surface area contributed by atoms with Gasteiger partial charge in [-0.1, -0.05) is 43.2 Å². The van der Waals surface area contributed by atoms with Gasteiger partial charge in [0.1, 0.15) is 10.7 Å². The van der Waals surface area contributed by atoms with Crippen molar-refractivity contribution in [3.63, 3.8) is 0 Å². The summed E-state index contributed by atoms with van der Waals surface area (Å²) in [5.41, 5.74) is 5.49. The van der Waals surface area contributed by atoms with E-state index < -0.39 is 0 Å². The average Bonchev–Trinajstić information content (AvgIpc) is 3.61.